The van der Waals surface area contributed by atoms with Gasteiger partial charge in [-0.25, -0.2) is 0 Å². The van der Waals surface area contributed by atoms with Crippen LogP contribution < -0.4 is 0 Å². The minimum Gasteiger partial charge on any atom is -0.0804 e. The summed E-state index contributed by atoms with van der Waals surface area (Å²) in [5.41, 5.74) is 3.13. The van der Waals surface area contributed by atoms with Gasteiger partial charge in [-0.15, -0.1) is 0 Å². The first-order valence-electron chi connectivity index (χ1n) is 18.9. The first kappa shape index (κ1) is 38.7. The number of unbranched alkanes of at least 4 members (excludes halogenated alkanes) is 26. The zero-order valence-electron chi connectivity index (χ0n) is 28.4. The lowest BCUT2D eigenvalue weighted by atomic mass is 9.88. The van der Waals surface area contributed by atoms with Gasteiger partial charge in [-0.1, -0.05) is 227 Å². The van der Waals surface area contributed by atoms with Gasteiger partial charge >= 0.3 is 0 Å². The molecule has 0 aliphatic heterocycles. The quantitative estimate of drug-likeness (QED) is 0.0564. The second-order valence-electron chi connectivity index (χ2n) is 13.5. The maximum atomic E-state index is 4.16. The van der Waals surface area contributed by atoms with Crippen LogP contribution >= 0.6 is 15.9 Å². The van der Waals surface area contributed by atoms with Crippen LogP contribution in [0.2, 0.25) is 0 Å². The normalized spacial score (nSPS) is 13.1. The molecule has 0 bridgehead atoms. The van der Waals surface area contributed by atoms with Crippen LogP contribution in [0.15, 0.2) is 24.3 Å². The summed E-state index contributed by atoms with van der Waals surface area (Å²) in [5, 5.41) is 0. The van der Waals surface area contributed by atoms with E-state index in [0.29, 0.717) is 0 Å². The highest BCUT2D eigenvalue weighted by Crippen LogP contribution is 2.38. The van der Waals surface area contributed by atoms with Gasteiger partial charge in [-0.05, 0) is 37.3 Å². The van der Waals surface area contributed by atoms with Crippen LogP contribution in [0.3, 0.4) is 0 Å². The van der Waals surface area contributed by atoms with Crippen LogP contribution in [-0.4, -0.2) is 0 Å². The lowest BCUT2D eigenvalue weighted by Crippen LogP contribution is -2.15. The molecule has 1 aromatic carbocycles. The van der Waals surface area contributed by atoms with Gasteiger partial charge in [0, 0.05) is 4.32 Å². The first-order chi connectivity index (χ1) is 20.1. The molecule has 41 heavy (non-hydrogen) atoms. The highest BCUT2D eigenvalue weighted by atomic mass is 79.9. The number of rotatable bonds is 31. The molecule has 0 saturated carbocycles. The van der Waals surface area contributed by atoms with E-state index in [1.807, 2.05) is 0 Å². The Morgan fingerprint density at radius 3 is 1.15 bits per heavy atom. The fourth-order valence-electron chi connectivity index (χ4n) is 6.54. The van der Waals surface area contributed by atoms with Crippen LogP contribution in [0, 0.1) is 0 Å². The Labute approximate surface area is 268 Å². The summed E-state index contributed by atoms with van der Waals surface area (Å²) < 4.78 is 0.122. The Hall–Kier alpha value is -0.300. The van der Waals surface area contributed by atoms with E-state index in [-0.39, 0.29) is 4.32 Å². The Bertz CT molecular complexity index is 663. The number of hydrogen-bond donors (Lipinski definition) is 0. The average molecular weight is 634 g/mol. The summed E-state index contributed by atoms with van der Waals surface area (Å²) in [6, 6.07) is 9.27. The molecule has 0 heterocycles. The monoisotopic (exact) mass is 632 g/mol. The second-order valence-corrected chi connectivity index (χ2v) is 15.3. The van der Waals surface area contributed by atoms with Crippen molar-refractivity contribution in [2.75, 3.05) is 0 Å². The van der Waals surface area contributed by atoms with E-state index in [2.05, 4.69) is 61.0 Å². The van der Waals surface area contributed by atoms with Crippen molar-refractivity contribution in [1.82, 2.24) is 0 Å². The molecule has 1 unspecified atom stereocenters. The Balaban J connectivity index is 2.06. The molecule has 0 radical (unpaired) electrons. The molecule has 0 aromatic heterocycles. The lowest BCUT2D eigenvalue weighted by molar-refractivity contribution is 0.515. The molecule has 1 heteroatoms. The van der Waals surface area contributed by atoms with Gasteiger partial charge in [0.25, 0.3) is 0 Å². The smallest absolute Gasteiger partial charge is 0.0480 e. The molecule has 0 aliphatic rings. The number of alkyl halides is 1. The van der Waals surface area contributed by atoms with Crippen LogP contribution in [0.5, 0.6) is 0 Å². The molecule has 1 aromatic rings. The Morgan fingerprint density at radius 2 is 0.756 bits per heavy atom. The maximum absolute atomic E-state index is 4.16. The predicted molar refractivity (Wildman–Crippen MR) is 192 cm³/mol. The summed E-state index contributed by atoms with van der Waals surface area (Å²) >= 11 is 4.16. The van der Waals surface area contributed by atoms with Crippen molar-refractivity contribution in [3.05, 3.63) is 35.4 Å². The number of aryl methyl sites for hydroxylation is 1. The molecule has 0 saturated heterocycles. The minimum atomic E-state index is 0.122. The Kier molecular flexibility index (Phi) is 26.9. The Morgan fingerprint density at radius 1 is 0.439 bits per heavy atom. The SMILES string of the molecule is CCCCCCCCCCCCCCCCc1ccccc1C(C)(Br)CCCCCCCCCCCCCCCC. The van der Waals surface area contributed by atoms with E-state index in [4.69, 9.17) is 0 Å². The zero-order valence-corrected chi connectivity index (χ0v) is 30.0. The third-order valence-electron chi connectivity index (χ3n) is 9.38. The van der Waals surface area contributed by atoms with E-state index in [0.717, 1.165) is 0 Å². The van der Waals surface area contributed by atoms with Gasteiger partial charge in [-0.2, -0.15) is 0 Å². The van der Waals surface area contributed by atoms with Crippen molar-refractivity contribution >= 4 is 15.9 Å². The van der Waals surface area contributed by atoms with E-state index < -0.39 is 0 Å². The molecule has 240 valence electrons. The third-order valence-corrected chi connectivity index (χ3v) is 10.2. The molecular formula is C40H73Br. The fourth-order valence-corrected chi connectivity index (χ4v) is 7.21. The van der Waals surface area contributed by atoms with Gasteiger partial charge in [-0.3, -0.25) is 0 Å². The summed E-state index contributed by atoms with van der Waals surface area (Å²) in [6.07, 6.45) is 42.6. The molecular weight excluding hydrogens is 560 g/mol. The summed E-state index contributed by atoms with van der Waals surface area (Å²) in [6.45, 7) is 7.03. The second kappa shape index (κ2) is 28.5. The molecule has 0 N–H and O–H groups in total. The van der Waals surface area contributed by atoms with Crippen LogP contribution in [0.25, 0.3) is 0 Å². The van der Waals surface area contributed by atoms with Crippen LogP contribution in [0.1, 0.15) is 218 Å². The van der Waals surface area contributed by atoms with Gasteiger partial charge in [0.05, 0.1) is 0 Å². The topological polar surface area (TPSA) is 0 Å². The lowest BCUT2D eigenvalue weighted by Gasteiger charge is -2.26. The maximum Gasteiger partial charge on any atom is 0.0480 e. The minimum absolute atomic E-state index is 0.122. The third kappa shape index (κ3) is 22.8. The predicted octanol–water partition coefficient (Wildman–Crippen LogP) is 15.2. The standard InChI is InChI=1S/C40H73Br/c1-4-6-8-10-12-14-16-18-20-22-24-26-28-30-34-38-35-31-32-36-39(38)40(3,41)37-33-29-27-25-23-21-19-17-15-13-11-9-7-5-2/h31-32,35-36H,4-30,33-34,37H2,1-3H3. The van der Waals surface area contributed by atoms with E-state index >= 15 is 0 Å². The summed E-state index contributed by atoms with van der Waals surface area (Å²) in [4.78, 5) is 0. The van der Waals surface area contributed by atoms with E-state index in [1.165, 1.54) is 193 Å². The average Bonchev–Trinajstić information content (AvgIpc) is 2.97. The summed E-state index contributed by atoms with van der Waals surface area (Å²) in [5.74, 6) is 0. The van der Waals surface area contributed by atoms with Gasteiger partial charge in [0.15, 0.2) is 0 Å². The van der Waals surface area contributed by atoms with Gasteiger partial charge < -0.3 is 0 Å². The largest absolute Gasteiger partial charge is 0.0804 e. The molecule has 1 rings (SSSR count). The summed E-state index contributed by atoms with van der Waals surface area (Å²) in [7, 11) is 0. The molecule has 0 amide bonds. The van der Waals surface area contributed by atoms with Crippen molar-refractivity contribution in [2.45, 2.75) is 218 Å². The van der Waals surface area contributed by atoms with Crippen LogP contribution in [0.4, 0.5) is 0 Å². The highest BCUT2D eigenvalue weighted by Gasteiger charge is 2.24. The first-order valence-corrected chi connectivity index (χ1v) is 19.7. The van der Waals surface area contributed by atoms with Crippen molar-refractivity contribution in [1.29, 1.82) is 0 Å². The number of benzene rings is 1. The molecule has 0 fully saturated rings. The van der Waals surface area contributed by atoms with Crippen molar-refractivity contribution in [3.8, 4) is 0 Å². The van der Waals surface area contributed by atoms with Gasteiger partial charge in [0.2, 0.25) is 0 Å². The van der Waals surface area contributed by atoms with Crippen molar-refractivity contribution < 1.29 is 0 Å². The number of halogens is 1. The van der Waals surface area contributed by atoms with Crippen molar-refractivity contribution in [2.24, 2.45) is 0 Å². The van der Waals surface area contributed by atoms with Crippen molar-refractivity contribution in [3.63, 3.8) is 0 Å². The molecule has 0 nitrogen and oxygen atoms in total. The molecule has 0 aliphatic carbocycles. The van der Waals surface area contributed by atoms with E-state index in [9.17, 15) is 0 Å². The highest BCUT2D eigenvalue weighted by molar-refractivity contribution is 9.09. The number of hydrogen-bond acceptors (Lipinski definition) is 0. The van der Waals surface area contributed by atoms with E-state index in [1.54, 1.807) is 11.1 Å². The van der Waals surface area contributed by atoms with Crippen LogP contribution in [-0.2, 0) is 10.7 Å². The molecule has 1 atom stereocenters. The van der Waals surface area contributed by atoms with Gasteiger partial charge in [0.1, 0.15) is 0 Å². The fraction of sp³-hybridized carbons (Fsp3) is 0.850. The zero-order chi connectivity index (χ0) is 29.7. The molecule has 0 spiro atoms.